The van der Waals surface area contributed by atoms with Gasteiger partial charge in [0.1, 0.15) is 0 Å². The van der Waals surface area contributed by atoms with E-state index in [1.807, 2.05) is 62.4 Å². The van der Waals surface area contributed by atoms with Gasteiger partial charge in [-0.05, 0) is 43.7 Å². The van der Waals surface area contributed by atoms with Gasteiger partial charge in [0, 0.05) is 15.7 Å². The average Bonchev–Trinajstić information content (AvgIpc) is 3.12. The van der Waals surface area contributed by atoms with E-state index < -0.39 is 0 Å². The van der Waals surface area contributed by atoms with E-state index in [1.165, 1.54) is 0 Å². The molecule has 134 valence electrons. The van der Waals surface area contributed by atoms with Crippen molar-refractivity contribution >= 4 is 27.6 Å². The molecule has 3 aromatic rings. The minimum absolute atomic E-state index is 0.311. The summed E-state index contributed by atoms with van der Waals surface area (Å²) in [5.74, 6) is 0.863. The molecule has 1 unspecified atom stereocenters. The molecule has 0 aliphatic carbocycles. The van der Waals surface area contributed by atoms with E-state index in [2.05, 4.69) is 36.7 Å². The van der Waals surface area contributed by atoms with Crippen LogP contribution in [-0.4, -0.2) is 16.2 Å². The number of urea groups is 1. The van der Waals surface area contributed by atoms with Gasteiger partial charge in [-0.25, -0.2) is 4.79 Å². The smallest absolute Gasteiger partial charge is 0.319 e. The zero-order chi connectivity index (χ0) is 18.5. The van der Waals surface area contributed by atoms with Gasteiger partial charge in [-0.3, -0.25) is 0 Å². The first-order chi connectivity index (χ1) is 12.5. The number of hydrogen-bond donors (Lipinski definition) is 2. The van der Waals surface area contributed by atoms with Crippen LogP contribution >= 0.6 is 15.9 Å². The number of nitrogens with one attached hydrogen (secondary N) is 2. The van der Waals surface area contributed by atoms with Gasteiger partial charge < -0.3 is 15.2 Å². The summed E-state index contributed by atoms with van der Waals surface area (Å²) in [7, 11) is 0. The molecule has 0 aliphatic heterocycles. The number of amides is 2. The number of halogens is 1. The first-order valence-corrected chi connectivity index (χ1v) is 9.08. The second-order valence-electron chi connectivity index (χ2n) is 5.89. The van der Waals surface area contributed by atoms with Crippen molar-refractivity contribution in [3.05, 3.63) is 64.4 Å². The molecule has 0 bridgehead atoms. The standard InChI is InChI=1S/C19H19BrN4O2/c1-3-16(22-19(25)21-15-9-7-12(2)8-10-15)17-23-18(26-24-17)13-5-4-6-14(20)11-13/h4-11,16H,3H2,1-2H3,(H2,21,22,25). The molecule has 1 atom stereocenters. The molecular formula is C19H19BrN4O2. The number of hydrogen-bond acceptors (Lipinski definition) is 4. The highest BCUT2D eigenvalue weighted by Gasteiger charge is 2.19. The van der Waals surface area contributed by atoms with Crippen molar-refractivity contribution in [3.8, 4) is 11.5 Å². The largest absolute Gasteiger partial charge is 0.334 e. The van der Waals surface area contributed by atoms with Crippen molar-refractivity contribution in [1.29, 1.82) is 0 Å². The van der Waals surface area contributed by atoms with Crippen LogP contribution in [0.3, 0.4) is 0 Å². The Morgan fingerprint density at radius 3 is 2.69 bits per heavy atom. The third kappa shape index (κ3) is 4.49. The van der Waals surface area contributed by atoms with Crippen LogP contribution in [-0.2, 0) is 0 Å². The van der Waals surface area contributed by atoms with Gasteiger partial charge >= 0.3 is 6.03 Å². The van der Waals surface area contributed by atoms with Crippen molar-refractivity contribution in [1.82, 2.24) is 15.5 Å². The molecular weight excluding hydrogens is 396 g/mol. The topological polar surface area (TPSA) is 80.0 Å². The van der Waals surface area contributed by atoms with Crippen LogP contribution < -0.4 is 10.6 Å². The molecule has 0 saturated carbocycles. The molecule has 0 saturated heterocycles. The van der Waals surface area contributed by atoms with E-state index in [0.29, 0.717) is 18.1 Å². The molecule has 0 spiro atoms. The lowest BCUT2D eigenvalue weighted by atomic mass is 10.2. The highest BCUT2D eigenvalue weighted by molar-refractivity contribution is 9.10. The van der Waals surface area contributed by atoms with Crippen molar-refractivity contribution in [2.45, 2.75) is 26.3 Å². The molecule has 3 rings (SSSR count). The normalized spacial score (nSPS) is 11.8. The first-order valence-electron chi connectivity index (χ1n) is 8.29. The summed E-state index contributed by atoms with van der Waals surface area (Å²) in [5, 5.41) is 9.71. The Bertz CT molecular complexity index is 893. The summed E-state index contributed by atoms with van der Waals surface area (Å²) in [6, 6.07) is 14.5. The van der Waals surface area contributed by atoms with E-state index in [-0.39, 0.29) is 12.1 Å². The Balaban J connectivity index is 1.69. The predicted octanol–water partition coefficient (Wildman–Crippen LogP) is 5.08. The van der Waals surface area contributed by atoms with Gasteiger partial charge in [-0.1, -0.05) is 51.8 Å². The fraction of sp³-hybridized carbons (Fsp3) is 0.211. The SMILES string of the molecule is CCC(NC(=O)Nc1ccc(C)cc1)c1noc(-c2cccc(Br)c2)n1. The van der Waals surface area contributed by atoms with E-state index in [9.17, 15) is 4.79 Å². The van der Waals surface area contributed by atoms with Crippen molar-refractivity contribution in [3.63, 3.8) is 0 Å². The quantitative estimate of drug-likeness (QED) is 0.609. The molecule has 1 aromatic heterocycles. The number of nitrogens with zero attached hydrogens (tertiary/aromatic N) is 2. The van der Waals surface area contributed by atoms with Gasteiger partial charge in [0.25, 0.3) is 5.89 Å². The van der Waals surface area contributed by atoms with Crippen LogP contribution in [0.15, 0.2) is 57.5 Å². The first kappa shape index (κ1) is 18.1. The van der Waals surface area contributed by atoms with Crippen LogP contribution in [0.4, 0.5) is 10.5 Å². The van der Waals surface area contributed by atoms with E-state index >= 15 is 0 Å². The molecule has 0 fully saturated rings. The minimum Gasteiger partial charge on any atom is -0.334 e. The van der Waals surface area contributed by atoms with Crippen LogP contribution in [0.2, 0.25) is 0 Å². The van der Waals surface area contributed by atoms with Crippen LogP contribution in [0.25, 0.3) is 11.5 Å². The lowest BCUT2D eigenvalue weighted by molar-refractivity contribution is 0.247. The second-order valence-corrected chi connectivity index (χ2v) is 6.81. The molecule has 0 radical (unpaired) electrons. The molecule has 6 nitrogen and oxygen atoms in total. The Morgan fingerprint density at radius 1 is 1.23 bits per heavy atom. The number of anilines is 1. The van der Waals surface area contributed by atoms with Crippen molar-refractivity contribution < 1.29 is 9.32 Å². The van der Waals surface area contributed by atoms with E-state index in [0.717, 1.165) is 21.3 Å². The summed E-state index contributed by atoms with van der Waals surface area (Å²) < 4.78 is 6.28. The molecule has 2 amide bonds. The summed E-state index contributed by atoms with van der Waals surface area (Å²) in [4.78, 5) is 16.7. The zero-order valence-electron chi connectivity index (χ0n) is 14.5. The number of aromatic nitrogens is 2. The fourth-order valence-electron chi connectivity index (χ4n) is 2.43. The van der Waals surface area contributed by atoms with Crippen LogP contribution in [0.5, 0.6) is 0 Å². The van der Waals surface area contributed by atoms with Crippen LogP contribution in [0.1, 0.15) is 30.8 Å². The molecule has 26 heavy (non-hydrogen) atoms. The maximum absolute atomic E-state index is 12.2. The molecule has 2 aromatic carbocycles. The van der Waals surface area contributed by atoms with Crippen molar-refractivity contribution in [2.75, 3.05) is 5.32 Å². The van der Waals surface area contributed by atoms with Gasteiger partial charge in [-0.2, -0.15) is 4.98 Å². The number of carbonyl (C=O) groups is 1. The maximum Gasteiger partial charge on any atom is 0.319 e. The summed E-state index contributed by atoms with van der Waals surface area (Å²) >= 11 is 3.42. The number of rotatable bonds is 5. The number of carbonyl (C=O) groups excluding carboxylic acids is 1. The molecule has 0 aliphatic rings. The monoisotopic (exact) mass is 414 g/mol. The highest BCUT2D eigenvalue weighted by Crippen LogP contribution is 2.23. The van der Waals surface area contributed by atoms with E-state index in [1.54, 1.807) is 0 Å². The van der Waals surface area contributed by atoms with Gasteiger partial charge in [0.05, 0.1) is 6.04 Å². The Kier molecular flexibility index (Phi) is 5.68. The minimum atomic E-state index is -0.342. The summed E-state index contributed by atoms with van der Waals surface area (Å²) in [6.45, 7) is 3.95. The van der Waals surface area contributed by atoms with Gasteiger partial charge in [0.15, 0.2) is 5.82 Å². The second kappa shape index (κ2) is 8.14. The predicted molar refractivity (Wildman–Crippen MR) is 104 cm³/mol. The lowest BCUT2D eigenvalue weighted by Crippen LogP contribution is -2.32. The van der Waals surface area contributed by atoms with E-state index in [4.69, 9.17) is 4.52 Å². The summed E-state index contributed by atoms with van der Waals surface area (Å²) in [6.07, 6.45) is 0.638. The fourth-order valence-corrected chi connectivity index (χ4v) is 2.83. The van der Waals surface area contributed by atoms with Crippen molar-refractivity contribution in [2.24, 2.45) is 0 Å². The number of benzene rings is 2. The molecule has 2 N–H and O–H groups in total. The summed E-state index contributed by atoms with van der Waals surface area (Å²) in [5.41, 5.74) is 2.68. The lowest BCUT2D eigenvalue weighted by Gasteiger charge is -2.14. The highest BCUT2D eigenvalue weighted by atomic mass is 79.9. The maximum atomic E-state index is 12.2. The third-order valence-corrected chi connectivity index (χ3v) is 4.34. The van der Waals surface area contributed by atoms with Gasteiger partial charge in [-0.15, -0.1) is 0 Å². The Hall–Kier alpha value is -2.67. The van der Waals surface area contributed by atoms with Crippen LogP contribution in [0, 0.1) is 6.92 Å². The Morgan fingerprint density at radius 2 is 2.00 bits per heavy atom. The average molecular weight is 415 g/mol. The molecule has 7 heteroatoms. The zero-order valence-corrected chi connectivity index (χ0v) is 16.1. The third-order valence-electron chi connectivity index (χ3n) is 3.85. The Labute approximate surface area is 160 Å². The molecule has 1 heterocycles. The van der Waals surface area contributed by atoms with Gasteiger partial charge in [0.2, 0.25) is 0 Å². The number of aryl methyl sites for hydroxylation is 1.